The van der Waals surface area contributed by atoms with E-state index in [0.29, 0.717) is 23.7 Å². The quantitative estimate of drug-likeness (QED) is 0.605. The summed E-state index contributed by atoms with van der Waals surface area (Å²) >= 11 is 0. The summed E-state index contributed by atoms with van der Waals surface area (Å²) in [6, 6.07) is 24.2. The molecule has 0 aromatic heterocycles. The highest BCUT2D eigenvalue weighted by Gasteiger charge is 2.13. The van der Waals surface area contributed by atoms with Crippen molar-refractivity contribution in [3.05, 3.63) is 84.4 Å². The molecule has 0 heterocycles. The lowest BCUT2D eigenvalue weighted by Gasteiger charge is -2.12. The molecule has 0 aliphatic rings. The van der Waals surface area contributed by atoms with E-state index in [0.717, 1.165) is 11.1 Å². The molecule has 0 bridgehead atoms. The molecular formula is C23H22N2O4. The van der Waals surface area contributed by atoms with Gasteiger partial charge in [-0.3, -0.25) is 20.4 Å². The Morgan fingerprint density at radius 2 is 1.41 bits per heavy atom. The summed E-state index contributed by atoms with van der Waals surface area (Å²) in [4.78, 5) is 24.2. The average molecular weight is 390 g/mol. The van der Waals surface area contributed by atoms with Crippen molar-refractivity contribution in [3.8, 4) is 22.6 Å². The van der Waals surface area contributed by atoms with E-state index in [1.807, 2.05) is 49.4 Å². The lowest BCUT2D eigenvalue weighted by molar-refractivity contribution is -0.123. The molecule has 3 aromatic rings. The van der Waals surface area contributed by atoms with Gasteiger partial charge in [0, 0.05) is 0 Å². The number of benzene rings is 3. The van der Waals surface area contributed by atoms with E-state index in [2.05, 4.69) is 10.9 Å². The minimum atomic E-state index is -0.473. The molecule has 0 spiro atoms. The number of carbonyl (C=O) groups is 2. The first kappa shape index (κ1) is 19.9. The molecule has 2 amide bonds. The summed E-state index contributed by atoms with van der Waals surface area (Å²) < 4.78 is 10.9. The van der Waals surface area contributed by atoms with E-state index in [1.54, 1.807) is 36.4 Å². The molecule has 0 saturated carbocycles. The fourth-order valence-electron chi connectivity index (χ4n) is 2.69. The van der Waals surface area contributed by atoms with Crippen LogP contribution in [-0.2, 0) is 4.79 Å². The van der Waals surface area contributed by atoms with Crippen molar-refractivity contribution in [1.29, 1.82) is 0 Å². The maximum atomic E-state index is 12.2. The lowest BCUT2D eigenvalue weighted by Crippen LogP contribution is -2.43. The summed E-state index contributed by atoms with van der Waals surface area (Å²) in [7, 11) is 0. The van der Waals surface area contributed by atoms with Gasteiger partial charge in [-0.25, -0.2) is 0 Å². The Hall–Kier alpha value is -3.80. The molecule has 2 N–H and O–H groups in total. The highest BCUT2D eigenvalue weighted by Crippen LogP contribution is 2.22. The standard InChI is InChI=1S/C23H22N2O4/c1-2-28-21-11-7-6-10-20(21)23(27)25-24-22(26)16-29-19-14-12-18(13-15-19)17-8-4-3-5-9-17/h3-15H,2,16H2,1H3,(H,24,26)(H,25,27). The predicted molar refractivity (Wildman–Crippen MR) is 111 cm³/mol. The molecule has 148 valence electrons. The summed E-state index contributed by atoms with van der Waals surface area (Å²) in [5.41, 5.74) is 7.21. The van der Waals surface area contributed by atoms with Crippen molar-refractivity contribution in [2.24, 2.45) is 0 Å². The molecule has 29 heavy (non-hydrogen) atoms. The minimum absolute atomic E-state index is 0.224. The third kappa shape index (κ3) is 5.59. The van der Waals surface area contributed by atoms with Crippen molar-refractivity contribution in [2.75, 3.05) is 13.2 Å². The van der Waals surface area contributed by atoms with Crippen LogP contribution in [0.5, 0.6) is 11.5 Å². The number of carbonyl (C=O) groups excluding carboxylic acids is 2. The zero-order chi connectivity index (χ0) is 20.5. The maximum absolute atomic E-state index is 12.2. The number of ether oxygens (including phenoxy) is 2. The summed E-state index contributed by atoms with van der Waals surface area (Å²) in [5.74, 6) is 0.0818. The largest absolute Gasteiger partial charge is 0.493 e. The van der Waals surface area contributed by atoms with E-state index in [1.165, 1.54) is 0 Å². The van der Waals surface area contributed by atoms with Crippen LogP contribution in [0, 0.1) is 0 Å². The molecule has 3 aromatic carbocycles. The first-order chi connectivity index (χ1) is 14.2. The molecule has 0 atom stereocenters. The second-order valence-electron chi connectivity index (χ2n) is 6.11. The van der Waals surface area contributed by atoms with Crippen molar-refractivity contribution in [3.63, 3.8) is 0 Å². The Morgan fingerprint density at radius 3 is 2.14 bits per heavy atom. The van der Waals surface area contributed by atoms with E-state index in [-0.39, 0.29) is 6.61 Å². The van der Waals surface area contributed by atoms with Gasteiger partial charge in [-0.05, 0) is 42.3 Å². The summed E-state index contributed by atoms with van der Waals surface area (Å²) in [6.07, 6.45) is 0. The molecule has 0 fully saturated rings. The van der Waals surface area contributed by atoms with Gasteiger partial charge >= 0.3 is 0 Å². The summed E-state index contributed by atoms with van der Waals surface area (Å²) in [5, 5.41) is 0. The second-order valence-corrected chi connectivity index (χ2v) is 6.11. The smallest absolute Gasteiger partial charge is 0.276 e. The molecule has 6 heteroatoms. The SMILES string of the molecule is CCOc1ccccc1C(=O)NNC(=O)COc1ccc(-c2ccccc2)cc1. The Bertz CT molecular complexity index is 956. The van der Waals surface area contributed by atoms with E-state index >= 15 is 0 Å². The Kier molecular flexibility index (Phi) is 6.84. The number of hydrogen-bond donors (Lipinski definition) is 2. The number of para-hydroxylation sites is 1. The number of hydrazine groups is 1. The molecule has 3 rings (SSSR count). The fraction of sp³-hybridized carbons (Fsp3) is 0.130. The van der Waals surface area contributed by atoms with Crippen molar-refractivity contribution >= 4 is 11.8 Å². The van der Waals surface area contributed by atoms with Gasteiger partial charge in [-0.1, -0.05) is 54.6 Å². The molecule has 0 radical (unpaired) electrons. The van der Waals surface area contributed by atoms with Crippen LogP contribution < -0.4 is 20.3 Å². The topological polar surface area (TPSA) is 76.7 Å². The molecule has 0 aliphatic carbocycles. The van der Waals surface area contributed by atoms with Crippen molar-refractivity contribution in [2.45, 2.75) is 6.92 Å². The fourth-order valence-corrected chi connectivity index (χ4v) is 2.69. The van der Waals surface area contributed by atoms with E-state index in [4.69, 9.17) is 9.47 Å². The average Bonchev–Trinajstić information content (AvgIpc) is 2.77. The van der Waals surface area contributed by atoms with Crippen LogP contribution >= 0.6 is 0 Å². The van der Waals surface area contributed by atoms with Crippen LogP contribution in [-0.4, -0.2) is 25.0 Å². The lowest BCUT2D eigenvalue weighted by atomic mass is 10.1. The number of amides is 2. The molecule has 6 nitrogen and oxygen atoms in total. The van der Waals surface area contributed by atoms with Gasteiger partial charge in [0.1, 0.15) is 11.5 Å². The Morgan fingerprint density at radius 1 is 0.759 bits per heavy atom. The number of nitrogens with one attached hydrogen (secondary N) is 2. The molecule has 0 saturated heterocycles. The highest BCUT2D eigenvalue weighted by atomic mass is 16.5. The third-order valence-corrected chi connectivity index (χ3v) is 4.08. The molecule has 0 aliphatic heterocycles. The first-order valence-electron chi connectivity index (χ1n) is 9.26. The molecule has 0 unspecified atom stereocenters. The highest BCUT2D eigenvalue weighted by molar-refractivity contribution is 5.97. The van der Waals surface area contributed by atoms with Crippen LogP contribution in [0.4, 0.5) is 0 Å². The van der Waals surface area contributed by atoms with Gasteiger partial charge in [0.2, 0.25) is 0 Å². The number of rotatable bonds is 7. The predicted octanol–water partition coefficient (Wildman–Crippen LogP) is 3.59. The maximum Gasteiger partial charge on any atom is 0.276 e. The van der Waals surface area contributed by atoms with Crippen LogP contribution in [0.25, 0.3) is 11.1 Å². The van der Waals surface area contributed by atoms with Crippen LogP contribution in [0.3, 0.4) is 0 Å². The van der Waals surface area contributed by atoms with Gasteiger partial charge in [0.25, 0.3) is 11.8 Å². The van der Waals surface area contributed by atoms with Gasteiger partial charge in [-0.2, -0.15) is 0 Å². The van der Waals surface area contributed by atoms with Gasteiger partial charge in [-0.15, -0.1) is 0 Å². The van der Waals surface area contributed by atoms with Gasteiger partial charge < -0.3 is 9.47 Å². The Labute approximate surface area is 169 Å². The minimum Gasteiger partial charge on any atom is -0.493 e. The normalized spacial score (nSPS) is 10.1. The van der Waals surface area contributed by atoms with E-state index < -0.39 is 11.8 Å². The first-order valence-corrected chi connectivity index (χ1v) is 9.26. The van der Waals surface area contributed by atoms with Gasteiger partial charge in [0.15, 0.2) is 6.61 Å². The summed E-state index contributed by atoms with van der Waals surface area (Å²) in [6.45, 7) is 2.05. The zero-order valence-corrected chi connectivity index (χ0v) is 16.1. The second kappa shape index (κ2) is 9.94. The van der Waals surface area contributed by atoms with Crippen LogP contribution in [0.2, 0.25) is 0 Å². The van der Waals surface area contributed by atoms with E-state index in [9.17, 15) is 9.59 Å². The third-order valence-electron chi connectivity index (χ3n) is 4.08. The monoisotopic (exact) mass is 390 g/mol. The van der Waals surface area contributed by atoms with Crippen LogP contribution in [0.1, 0.15) is 17.3 Å². The van der Waals surface area contributed by atoms with Crippen LogP contribution in [0.15, 0.2) is 78.9 Å². The Balaban J connectivity index is 1.48. The van der Waals surface area contributed by atoms with Crippen molar-refractivity contribution in [1.82, 2.24) is 10.9 Å². The zero-order valence-electron chi connectivity index (χ0n) is 16.1. The molecular weight excluding hydrogens is 368 g/mol. The van der Waals surface area contributed by atoms with Gasteiger partial charge in [0.05, 0.1) is 12.2 Å². The van der Waals surface area contributed by atoms with Crippen molar-refractivity contribution < 1.29 is 19.1 Å². The number of hydrogen-bond acceptors (Lipinski definition) is 4.